The Kier molecular flexibility index (Phi) is 25.0. The Labute approximate surface area is 673 Å². The second-order valence-electron chi connectivity index (χ2n) is 29.9. The minimum Gasteiger partial charge on any atom is -0.500 e. The first-order chi connectivity index (χ1) is 48.0. The van der Waals surface area contributed by atoms with Gasteiger partial charge >= 0.3 is 0 Å². The molecule has 0 unspecified atom stereocenters. The number of nitrogens with zero attached hydrogens (tertiary/aromatic N) is 6. The quantitative estimate of drug-likeness (QED) is 0.101. The number of thiophene rings is 1. The molecule has 4 radical (unpaired) electrons. The second kappa shape index (κ2) is 32.8. The second-order valence-corrected chi connectivity index (χ2v) is 51.3. The largest absolute Gasteiger partial charge is 0.500 e. The summed E-state index contributed by atoms with van der Waals surface area (Å²) in [6.07, 6.45) is 8.17. The molecule has 8 heterocycles. The summed E-state index contributed by atoms with van der Waals surface area (Å²) in [6.45, 7) is 31.3. The molecule has 0 aliphatic heterocycles. The molecule has 7 nitrogen and oxygen atoms in total. The summed E-state index contributed by atoms with van der Waals surface area (Å²) < 4.78 is 13.1. The summed E-state index contributed by atoms with van der Waals surface area (Å²) >= 11 is 1.83. The van der Waals surface area contributed by atoms with Crippen LogP contribution in [0.2, 0.25) is 78.6 Å². The van der Waals surface area contributed by atoms with Crippen LogP contribution in [-0.4, -0.2) is 61.4 Å². The summed E-state index contributed by atoms with van der Waals surface area (Å²) in [5, 5.41) is 15.5. The molecule has 0 fully saturated rings. The standard InChI is InChI=1S/C26H23N2Si.C22H23N2Si.C20H18NOSi.C20H18NSSi.4Ir/c1-29(2,3)21-14-15-24(27-18-21)19-13-16-26-23(17-19)22-11-7-8-12-25(22)28(26)20-9-5-4-6-10-20;1-5-24-21-9-7-6-8-18(21)19-14-16(10-13-22(19)24)20-12-11-17(15-23-20)25(2,3)4;2*1-23(2,3)15-9-10-18(21-13-15)14-8-11-20-17(12-14)16-6-4-5-7-19(16)22-20;;;;/h4-12,14-18H,1-3H3;6-9,11-15H,5H2,1-4H3;2*4-7,9-13H,1-3H3;;;;/q4*-1;;;;. The van der Waals surface area contributed by atoms with E-state index in [4.69, 9.17) is 19.4 Å². The van der Waals surface area contributed by atoms with Crippen molar-refractivity contribution in [1.29, 1.82) is 0 Å². The minimum absolute atomic E-state index is 0. The Morgan fingerprint density at radius 3 is 1.19 bits per heavy atom. The van der Waals surface area contributed by atoms with Crippen LogP contribution in [0.5, 0.6) is 0 Å². The molecule has 104 heavy (non-hydrogen) atoms. The third kappa shape index (κ3) is 16.8. The number of furan rings is 1. The smallest absolute Gasteiger partial charge is 0.120 e. The number of aromatic nitrogens is 6. The van der Waals surface area contributed by atoms with Crippen molar-refractivity contribution in [2.75, 3.05) is 0 Å². The fourth-order valence-electron chi connectivity index (χ4n) is 13.0. The maximum absolute atomic E-state index is 5.86. The molecule has 9 aromatic carbocycles. The van der Waals surface area contributed by atoms with Gasteiger partial charge in [0.25, 0.3) is 0 Å². The van der Waals surface area contributed by atoms with E-state index in [1.54, 1.807) is 0 Å². The van der Waals surface area contributed by atoms with Crippen molar-refractivity contribution in [2.24, 2.45) is 0 Å². The van der Waals surface area contributed by atoms with Crippen molar-refractivity contribution < 1.29 is 84.8 Å². The zero-order valence-corrected chi connectivity index (χ0v) is 75.1. The first-order valence-corrected chi connectivity index (χ1v) is 49.3. The average Bonchev–Trinajstić information content (AvgIpc) is 1.60. The Morgan fingerprint density at radius 2 is 0.712 bits per heavy atom. The third-order valence-corrected chi connectivity index (χ3v) is 28.1. The van der Waals surface area contributed by atoms with Crippen molar-refractivity contribution in [3.63, 3.8) is 0 Å². The summed E-state index contributed by atoms with van der Waals surface area (Å²) in [7, 11) is -5.27. The predicted octanol–water partition coefficient (Wildman–Crippen LogP) is 21.9. The van der Waals surface area contributed by atoms with Crippen molar-refractivity contribution in [3.05, 3.63) is 274 Å². The maximum Gasteiger partial charge on any atom is 0.120 e. The van der Waals surface area contributed by atoms with E-state index in [9.17, 15) is 0 Å². The zero-order valence-electron chi connectivity index (χ0n) is 60.7. The van der Waals surface area contributed by atoms with E-state index in [1.807, 2.05) is 54.2 Å². The van der Waals surface area contributed by atoms with Gasteiger partial charge in [-0.15, -0.1) is 95.1 Å². The van der Waals surface area contributed by atoms with Crippen LogP contribution in [0.15, 0.2) is 254 Å². The van der Waals surface area contributed by atoms with Crippen LogP contribution in [0.3, 0.4) is 0 Å². The summed E-state index contributed by atoms with van der Waals surface area (Å²) in [5.41, 5.74) is 16.0. The Bertz CT molecular complexity index is 5650. The molecule has 0 saturated carbocycles. The molecule has 0 aliphatic rings. The molecule has 0 amide bonds. The molecule has 532 valence electrons. The maximum atomic E-state index is 5.86. The average molecular weight is 2150 g/mol. The first-order valence-electron chi connectivity index (χ1n) is 34.5. The predicted molar refractivity (Wildman–Crippen MR) is 439 cm³/mol. The van der Waals surface area contributed by atoms with E-state index in [-0.39, 0.29) is 80.4 Å². The molecular weight excluding hydrogens is 2070 g/mol. The van der Waals surface area contributed by atoms with Crippen LogP contribution < -0.4 is 20.7 Å². The molecule has 16 heteroatoms. The van der Waals surface area contributed by atoms with E-state index in [0.29, 0.717) is 0 Å². The number of hydrogen-bond donors (Lipinski definition) is 0. The molecular formula is C88H82Ir4N6OSSi4-4. The number of fused-ring (bicyclic) bond motifs is 12. The number of hydrogen-bond acceptors (Lipinski definition) is 6. The van der Waals surface area contributed by atoms with E-state index in [1.165, 1.54) is 84.5 Å². The van der Waals surface area contributed by atoms with Crippen LogP contribution >= 0.6 is 11.3 Å². The molecule has 0 saturated heterocycles. The van der Waals surface area contributed by atoms with Crippen molar-refractivity contribution in [1.82, 2.24) is 29.1 Å². The van der Waals surface area contributed by atoms with Gasteiger partial charge in [-0.1, -0.05) is 240 Å². The van der Waals surface area contributed by atoms with E-state index in [2.05, 4.69) is 330 Å². The molecule has 0 bridgehead atoms. The van der Waals surface area contributed by atoms with Crippen LogP contribution in [0.4, 0.5) is 0 Å². The van der Waals surface area contributed by atoms with Gasteiger partial charge in [-0.05, 0) is 119 Å². The van der Waals surface area contributed by atoms with Crippen LogP contribution in [0.1, 0.15) is 6.92 Å². The van der Waals surface area contributed by atoms with E-state index < -0.39 is 32.3 Å². The van der Waals surface area contributed by atoms with Gasteiger partial charge < -0.3 is 33.5 Å². The summed E-state index contributed by atoms with van der Waals surface area (Å²) in [4.78, 5) is 18.8. The van der Waals surface area contributed by atoms with Gasteiger partial charge in [-0.25, -0.2) is 0 Å². The van der Waals surface area contributed by atoms with Gasteiger partial charge in [0.2, 0.25) is 0 Å². The molecule has 17 rings (SSSR count). The van der Waals surface area contributed by atoms with Crippen LogP contribution in [-0.2, 0) is 87.0 Å². The van der Waals surface area contributed by atoms with Gasteiger partial charge in [0.05, 0.1) is 37.9 Å². The number of rotatable bonds is 10. The SMILES string of the molecule is CCn1c2c[c-]c(-c3ccc([Si](C)(C)C)cn3)cc2c2ccccc21.C[Si](C)(C)c1ccc(-c2[c-]cc3c(c2)c2ccccc2n3-c2ccccc2)nc1.C[Si](C)(C)c1ccc(-c2[c-]cc3oc4ccccc4c3c2)nc1.C[Si](C)(C)c1ccc(-c2[c-]cc3sc4ccccc4c3c2)nc1.[Ir].[Ir].[Ir].[Ir]. The van der Waals surface area contributed by atoms with Crippen molar-refractivity contribution >= 4 is 150 Å². The summed E-state index contributed by atoms with van der Waals surface area (Å²) in [5.74, 6) is 0. The first kappa shape index (κ1) is 79.2. The molecule has 0 atom stereocenters. The number of benzene rings is 9. The molecule has 0 aliphatic carbocycles. The molecule has 17 aromatic rings. The van der Waals surface area contributed by atoms with Crippen molar-refractivity contribution in [3.8, 4) is 50.7 Å². The van der Waals surface area contributed by atoms with Gasteiger partial charge in [0, 0.05) is 139 Å². The minimum atomic E-state index is -1.35. The van der Waals surface area contributed by atoms with E-state index >= 15 is 0 Å². The topological polar surface area (TPSA) is 74.6 Å². The normalized spacial score (nSPS) is 11.6. The van der Waals surface area contributed by atoms with Crippen LogP contribution in [0.25, 0.3) is 136 Å². The van der Waals surface area contributed by atoms with Crippen LogP contribution in [0, 0.1) is 24.3 Å². The van der Waals surface area contributed by atoms with E-state index in [0.717, 1.165) is 79.2 Å². The fraction of sp³-hybridized carbons (Fsp3) is 0.159. The number of para-hydroxylation sites is 4. The third-order valence-electron chi connectivity index (χ3n) is 18.9. The zero-order chi connectivity index (χ0) is 69.7. The fourth-order valence-corrected chi connectivity index (χ4v) is 18.2. The monoisotopic (exact) mass is 2150 g/mol. The van der Waals surface area contributed by atoms with Crippen molar-refractivity contribution in [2.45, 2.75) is 92.0 Å². The summed E-state index contributed by atoms with van der Waals surface area (Å²) in [6, 6.07) is 92.5. The Morgan fingerprint density at radius 1 is 0.327 bits per heavy atom. The van der Waals surface area contributed by atoms with Gasteiger partial charge in [0.15, 0.2) is 0 Å². The Balaban J connectivity index is 0.000000148. The molecule has 0 N–H and O–H groups in total. The van der Waals surface area contributed by atoms with Gasteiger partial charge in [0.1, 0.15) is 5.58 Å². The van der Waals surface area contributed by atoms with Gasteiger partial charge in [-0.3, -0.25) is 0 Å². The number of pyridine rings is 4. The molecule has 0 spiro atoms. The van der Waals surface area contributed by atoms with Gasteiger partial charge in [-0.2, -0.15) is 11.3 Å². The molecule has 8 aromatic heterocycles. The number of aryl methyl sites for hydroxylation is 1. The Hall–Kier alpha value is -7.34.